The van der Waals surface area contributed by atoms with E-state index in [4.69, 9.17) is 4.52 Å². The molecule has 0 saturated carbocycles. The molecule has 9 heteroatoms. The summed E-state index contributed by atoms with van der Waals surface area (Å²) in [4.78, 5) is 30.3. The Morgan fingerprint density at radius 3 is 2.64 bits per heavy atom. The number of pyridine rings is 1. The van der Waals surface area contributed by atoms with E-state index < -0.39 is 0 Å². The molecular weight excluding hydrogens is 322 g/mol. The molecule has 0 aliphatic rings. The summed E-state index contributed by atoms with van der Waals surface area (Å²) in [6, 6.07) is 3.57. The van der Waals surface area contributed by atoms with Crippen molar-refractivity contribution in [2.24, 2.45) is 0 Å². The van der Waals surface area contributed by atoms with E-state index in [0.29, 0.717) is 29.8 Å². The van der Waals surface area contributed by atoms with Gasteiger partial charge in [0.05, 0.1) is 12.1 Å². The molecule has 3 aromatic rings. The highest BCUT2D eigenvalue weighted by Crippen LogP contribution is 2.15. The SMILES string of the molecule is CCNc1ncc(C(=O)N(C)Cc2nc(-c3ccncc3)no2)cn1. The van der Waals surface area contributed by atoms with Crippen LogP contribution >= 0.6 is 0 Å². The Labute approximate surface area is 144 Å². The highest BCUT2D eigenvalue weighted by atomic mass is 16.5. The van der Waals surface area contributed by atoms with Crippen LogP contribution in [0, 0.1) is 0 Å². The molecule has 0 aromatic carbocycles. The minimum atomic E-state index is -0.230. The van der Waals surface area contributed by atoms with E-state index >= 15 is 0 Å². The van der Waals surface area contributed by atoms with Crippen molar-refractivity contribution in [2.75, 3.05) is 18.9 Å². The molecule has 1 amide bonds. The molecule has 0 saturated heterocycles. The maximum Gasteiger partial charge on any atom is 0.257 e. The first-order chi connectivity index (χ1) is 12.2. The lowest BCUT2D eigenvalue weighted by molar-refractivity contribution is 0.0768. The summed E-state index contributed by atoms with van der Waals surface area (Å²) in [6.07, 6.45) is 6.27. The van der Waals surface area contributed by atoms with Crippen LogP contribution in [0.2, 0.25) is 0 Å². The largest absolute Gasteiger partial charge is 0.355 e. The van der Waals surface area contributed by atoms with E-state index in [-0.39, 0.29) is 12.5 Å². The van der Waals surface area contributed by atoms with E-state index in [1.807, 2.05) is 6.92 Å². The molecule has 1 N–H and O–H groups in total. The molecule has 0 radical (unpaired) electrons. The maximum atomic E-state index is 12.4. The van der Waals surface area contributed by atoms with Crippen molar-refractivity contribution < 1.29 is 9.32 Å². The smallest absolute Gasteiger partial charge is 0.257 e. The van der Waals surface area contributed by atoms with Crippen LogP contribution in [0.15, 0.2) is 41.4 Å². The van der Waals surface area contributed by atoms with Gasteiger partial charge in [-0.15, -0.1) is 0 Å². The molecule has 0 bridgehead atoms. The monoisotopic (exact) mass is 339 g/mol. The maximum absolute atomic E-state index is 12.4. The lowest BCUT2D eigenvalue weighted by Crippen LogP contribution is -2.26. The summed E-state index contributed by atoms with van der Waals surface area (Å²) in [5.74, 6) is 1.05. The Bertz CT molecular complexity index is 833. The van der Waals surface area contributed by atoms with Crippen molar-refractivity contribution in [1.29, 1.82) is 0 Å². The van der Waals surface area contributed by atoms with Gasteiger partial charge in [0.25, 0.3) is 5.91 Å². The summed E-state index contributed by atoms with van der Waals surface area (Å²) in [7, 11) is 1.65. The first kappa shape index (κ1) is 16.5. The first-order valence-corrected chi connectivity index (χ1v) is 7.71. The average molecular weight is 339 g/mol. The quantitative estimate of drug-likeness (QED) is 0.721. The van der Waals surface area contributed by atoms with Gasteiger partial charge >= 0.3 is 0 Å². The zero-order valence-corrected chi connectivity index (χ0v) is 13.9. The van der Waals surface area contributed by atoms with Crippen LogP contribution in [0.1, 0.15) is 23.2 Å². The van der Waals surface area contributed by atoms with Crippen LogP contribution in [-0.4, -0.2) is 49.5 Å². The molecule has 9 nitrogen and oxygen atoms in total. The number of nitrogens with zero attached hydrogens (tertiary/aromatic N) is 6. The van der Waals surface area contributed by atoms with Crippen molar-refractivity contribution in [2.45, 2.75) is 13.5 Å². The number of hydrogen-bond acceptors (Lipinski definition) is 8. The second kappa shape index (κ2) is 7.47. The minimum Gasteiger partial charge on any atom is -0.355 e. The number of anilines is 1. The fraction of sp³-hybridized carbons (Fsp3) is 0.250. The fourth-order valence-electron chi connectivity index (χ4n) is 2.12. The van der Waals surface area contributed by atoms with Crippen LogP contribution in [0.3, 0.4) is 0 Å². The van der Waals surface area contributed by atoms with Gasteiger partial charge in [-0.05, 0) is 19.1 Å². The van der Waals surface area contributed by atoms with Crippen LogP contribution in [0.5, 0.6) is 0 Å². The number of nitrogens with one attached hydrogen (secondary N) is 1. The molecule has 0 aliphatic carbocycles. The van der Waals surface area contributed by atoms with Gasteiger partial charge in [-0.3, -0.25) is 9.78 Å². The highest BCUT2D eigenvalue weighted by Gasteiger charge is 2.17. The number of carbonyl (C=O) groups excluding carboxylic acids is 1. The zero-order chi connectivity index (χ0) is 17.6. The molecule has 0 fully saturated rings. The van der Waals surface area contributed by atoms with Gasteiger partial charge in [-0.2, -0.15) is 4.98 Å². The van der Waals surface area contributed by atoms with Gasteiger partial charge in [0.2, 0.25) is 17.7 Å². The Morgan fingerprint density at radius 1 is 1.24 bits per heavy atom. The van der Waals surface area contributed by atoms with Gasteiger partial charge in [-0.25, -0.2) is 9.97 Å². The van der Waals surface area contributed by atoms with Crippen molar-refractivity contribution in [3.05, 3.63) is 48.4 Å². The third-order valence-corrected chi connectivity index (χ3v) is 3.36. The summed E-state index contributed by atoms with van der Waals surface area (Å²) >= 11 is 0. The molecule has 0 atom stereocenters. The zero-order valence-electron chi connectivity index (χ0n) is 13.9. The van der Waals surface area contributed by atoms with Crippen molar-refractivity contribution >= 4 is 11.9 Å². The molecule has 3 heterocycles. The second-order valence-electron chi connectivity index (χ2n) is 5.23. The molecule has 0 spiro atoms. The van der Waals surface area contributed by atoms with Gasteiger partial charge in [0.15, 0.2) is 0 Å². The van der Waals surface area contributed by atoms with Gasteiger partial charge < -0.3 is 14.7 Å². The third-order valence-electron chi connectivity index (χ3n) is 3.36. The second-order valence-corrected chi connectivity index (χ2v) is 5.23. The van der Waals surface area contributed by atoms with E-state index in [9.17, 15) is 4.79 Å². The van der Waals surface area contributed by atoms with Crippen LogP contribution in [0.25, 0.3) is 11.4 Å². The standard InChI is InChI=1S/C16H17N7O2/c1-3-18-16-19-8-12(9-20-16)15(24)23(2)10-13-21-14(22-25-13)11-4-6-17-7-5-11/h4-9H,3,10H2,1-2H3,(H,18,19,20). The predicted octanol–water partition coefficient (Wildman–Crippen LogP) is 1.63. The highest BCUT2D eigenvalue weighted by molar-refractivity contribution is 5.93. The normalized spacial score (nSPS) is 10.5. The first-order valence-electron chi connectivity index (χ1n) is 7.71. The van der Waals surface area contributed by atoms with Crippen molar-refractivity contribution in [3.63, 3.8) is 0 Å². The Morgan fingerprint density at radius 2 is 1.96 bits per heavy atom. The Hall–Kier alpha value is -3.36. The summed E-state index contributed by atoms with van der Waals surface area (Å²) in [5.41, 5.74) is 1.18. The number of amides is 1. The van der Waals surface area contributed by atoms with E-state index in [1.165, 1.54) is 17.3 Å². The molecule has 0 aliphatic heterocycles. The molecule has 25 heavy (non-hydrogen) atoms. The van der Waals surface area contributed by atoms with Gasteiger partial charge in [-0.1, -0.05) is 5.16 Å². The third kappa shape index (κ3) is 3.94. The fourth-order valence-corrected chi connectivity index (χ4v) is 2.12. The van der Waals surface area contributed by atoms with E-state index in [0.717, 1.165) is 5.56 Å². The molecular formula is C16H17N7O2. The summed E-state index contributed by atoms with van der Waals surface area (Å²) in [5, 5.41) is 6.90. The summed E-state index contributed by atoms with van der Waals surface area (Å²) in [6.45, 7) is 2.84. The number of carbonyl (C=O) groups is 1. The van der Waals surface area contributed by atoms with Gasteiger partial charge in [0, 0.05) is 43.9 Å². The predicted molar refractivity (Wildman–Crippen MR) is 89.5 cm³/mol. The van der Waals surface area contributed by atoms with Crippen LogP contribution in [-0.2, 0) is 6.54 Å². The molecule has 0 unspecified atom stereocenters. The van der Waals surface area contributed by atoms with Crippen LogP contribution in [0.4, 0.5) is 5.95 Å². The Kier molecular flexibility index (Phi) is 4.93. The molecule has 128 valence electrons. The molecule has 3 rings (SSSR count). The summed E-state index contributed by atoms with van der Waals surface area (Å²) < 4.78 is 5.21. The van der Waals surface area contributed by atoms with Crippen molar-refractivity contribution in [1.82, 2.24) is 30.0 Å². The number of hydrogen-bond donors (Lipinski definition) is 1. The lowest BCUT2D eigenvalue weighted by Gasteiger charge is -2.14. The number of rotatable bonds is 6. The molecule has 3 aromatic heterocycles. The van der Waals surface area contributed by atoms with E-state index in [2.05, 4.69) is 30.4 Å². The van der Waals surface area contributed by atoms with Crippen LogP contribution < -0.4 is 5.32 Å². The van der Waals surface area contributed by atoms with Gasteiger partial charge in [0.1, 0.15) is 0 Å². The lowest BCUT2D eigenvalue weighted by atomic mass is 10.2. The average Bonchev–Trinajstić information content (AvgIpc) is 3.11. The van der Waals surface area contributed by atoms with Crippen molar-refractivity contribution in [3.8, 4) is 11.4 Å². The number of aromatic nitrogens is 5. The Balaban J connectivity index is 1.66. The topological polar surface area (TPSA) is 110 Å². The van der Waals surface area contributed by atoms with E-state index in [1.54, 1.807) is 31.6 Å². The minimum absolute atomic E-state index is 0.186.